The Hall–Kier alpha value is -1.60. The summed E-state index contributed by atoms with van der Waals surface area (Å²) in [7, 11) is 0. The van der Waals surface area contributed by atoms with Gasteiger partial charge in [-0.15, -0.1) is 0 Å². The van der Waals surface area contributed by atoms with Gasteiger partial charge in [-0.05, 0) is 32.3 Å². The molecule has 0 aliphatic carbocycles. The van der Waals surface area contributed by atoms with Crippen molar-refractivity contribution >= 4 is 5.96 Å². The fourth-order valence-electron chi connectivity index (χ4n) is 2.41. The minimum atomic E-state index is 0.305. The van der Waals surface area contributed by atoms with Crippen molar-refractivity contribution in [3.05, 3.63) is 18.5 Å². The molecule has 1 unspecified atom stereocenters. The van der Waals surface area contributed by atoms with Gasteiger partial charge in [0.05, 0.1) is 19.3 Å². The van der Waals surface area contributed by atoms with Crippen LogP contribution >= 0.6 is 0 Å². The largest absolute Gasteiger partial charge is 0.379 e. The predicted molar refractivity (Wildman–Crippen MR) is 90.6 cm³/mol. The predicted octanol–water partition coefficient (Wildman–Crippen LogP) is 1.02. The highest BCUT2D eigenvalue weighted by atomic mass is 16.5. The first-order valence-electron chi connectivity index (χ1n) is 8.57. The molecular formula is C16H29N5O2. The molecule has 0 amide bonds. The quantitative estimate of drug-likeness (QED) is 0.382. The Morgan fingerprint density at radius 3 is 3.17 bits per heavy atom. The summed E-state index contributed by atoms with van der Waals surface area (Å²) in [5.41, 5.74) is 0. The van der Waals surface area contributed by atoms with Crippen molar-refractivity contribution in [1.29, 1.82) is 0 Å². The van der Waals surface area contributed by atoms with Crippen molar-refractivity contribution in [2.24, 2.45) is 4.99 Å². The van der Waals surface area contributed by atoms with Gasteiger partial charge in [0.25, 0.3) is 0 Å². The average molecular weight is 323 g/mol. The Kier molecular flexibility index (Phi) is 8.50. The lowest BCUT2D eigenvalue weighted by Gasteiger charge is -2.12. The van der Waals surface area contributed by atoms with Crippen LogP contribution in [0.15, 0.2) is 23.5 Å². The van der Waals surface area contributed by atoms with Crippen molar-refractivity contribution in [3.8, 4) is 0 Å². The van der Waals surface area contributed by atoms with Crippen molar-refractivity contribution in [2.75, 3.05) is 39.5 Å². The molecule has 130 valence electrons. The maximum absolute atomic E-state index is 5.64. The van der Waals surface area contributed by atoms with E-state index in [2.05, 4.69) is 27.6 Å². The van der Waals surface area contributed by atoms with Crippen LogP contribution in [0.3, 0.4) is 0 Å². The van der Waals surface area contributed by atoms with E-state index in [0.717, 1.165) is 64.6 Å². The first-order chi connectivity index (χ1) is 11.4. The molecule has 1 fully saturated rings. The highest BCUT2D eigenvalue weighted by Gasteiger charge is 2.14. The third-order valence-electron chi connectivity index (χ3n) is 3.58. The first kappa shape index (κ1) is 17.7. The number of guanidine groups is 1. The van der Waals surface area contributed by atoms with E-state index in [9.17, 15) is 0 Å². The van der Waals surface area contributed by atoms with Crippen LogP contribution in [-0.2, 0) is 16.0 Å². The molecule has 0 aromatic carbocycles. The van der Waals surface area contributed by atoms with Crippen molar-refractivity contribution in [1.82, 2.24) is 20.4 Å². The highest BCUT2D eigenvalue weighted by molar-refractivity contribution is 5.79. The van der Waals surface area contributed by atoms with Crippen LogP contribution in [-0.4, -0.2) is 61.3 Å². The molecule has 2 heterocycles. The van der Waals surface area contributed by atoms with E-state index in [0.29, 0.717) is 12.7 Å². The molecule has 1 atom stereocenters. The number of rotatable bonds is 10. The van der Waals surface area contributed by atoms with Gasteiger partial charge in [0.1, 0.15) is 0 Å². The van der Waals surface area contributed by atoms with Crippen LogP contribution in [0.2, 0.25) is 0 Å². The van der Waals surface area contributed by atoms with E-state index < -0.39 is 0 Å². The molecule has 0 bridgehead atoms. The molecule has 0 spiro atoms. The van der Waals surface area contributed by atoms with E-state index in [-0.39, 0.29) is 0 Å². The molecule has 1 aliphatic heterocycles. The van der Waals surface area contributed by atoms with Crippen LogP contribution in [0, 0.1) is 0 Å². The number of nitrogens with zero attached hydrogens (tertiary/aromatic N) is 3. The SMILES string of the molecule is CCNC(=NCCCOCC1CCCO1)NCCn1cccn1. The topological polar surface area (TPSA) is 72.7 Å². The van der Waals surface area contributed by atoms with Crippen LogP contribution in [0.5, 0.6) is 0 Å². The van der Waals surface area contributed by atoms with Gasteiger partial charge < -0.3 is 20.1 Å². The molecule has 7 nitrogen and oxygen atoms in total. The maximum atomic E-state index is 5.64. The van der Waals surface area contributed by atoms with Gasteiger partial charge in [0.2, 0.25) is 0 Å². The second-order valence-electron chi connectivity index (χ2n) is 5.52. The lowest BCUT2D eigenvalue weighted by molar-refractivity contribution is 0.0171. The zero-order valence-corrected chi connectivity index (χ0v) is 14.0. The monoisotopic (exact) mass is 323 g/mol. The molecule has 1 aromatic heterocycles. The summed E-state index contributed by atoms with van der Waals surface area (Å²) < 4.78 is 13.1. The van der Waals surface area contributed by atoms with E-state index in [4.69, 9.17) is 9.47 Å². The Bertz CT molecular complexity index is 430. The molecule has 1 saturated heterocycles. The summed E-state index contributed by atoms with van der Waals surface area (Å²) in [6.07, 6.45) is 7.26. The van der Waals surface area contributed by atoms with E-state index in [1.165, 1.54) is 0 Å². The Labute approximate surface area is 138 Å². The van der Waals surface area contributed by atoms with E-state index >= 15 is 0 Å². The van der Waals surface area contributed by atoms with Gasteiger partial charge in [0, 0.05) is 45.2 Å². The molecule has 2 rings (SSSR count). The Balaban J connectivity index is 1.54. The number of hydrogen-bond acceptors (Lipinski definition) is 4. The number of nitrogens with one attached hydrogen (secondary N) is 2. The van der Waals surface area contributed by atoms with Gasteiger partial charge in [0.15, 0.2) is 5.96 Å². The highest BCUT2D eigenvalue weighted by Crippen LogP contribution is 2.11. The summed E-state index contributed by atoms with van der Waals surface area (Å²) in [6, 6.07) is 1.93. The second kappa shape index (κ2) is 11.0. The Morgan fingerprint density at radius 1 is 1.48 bits per heavy atom. The molecule has 1 aromatic rings. The second-order valence-corrected chi connectivity index (χ2v) is 5.52. The summed E-state index contributed by atoms with van der Waals surface area (Å²) in [6.45, 7) is 7.61. The third-order valence-corrected chi connectivity index (χ3v) is 3.58. The van der Waals surface area contributed by atoms with E-state index in [1.807, 2.05) is 16.9 Å². The molecule has 1 aliphatic rings. The van der Waals surface area contributed by atoms with Gasteiger partial charge in [-0.25, -0.2) is 0 Å². The zero-order chi connectivity index (χ0) is 16.2. The van der Waals surface area contributed by atoms with Gasteiger partial charge in [-0.1, -0.05) is 0 Å². The normalized spacial score (nSPS) is 18.3. The summed E-state index contributed by atoms with van der Waals surface area (Å²) in [4.78, 5) is 4.56. The molecule has 7 heteroatoms. The Morgan fingerprint density at radius 2 is 2.43 bits per heavy atom. The van der Waals surface area contributed by atoms with Gasteiger partial charge >= 0.3 is 0 Å². The zero-order valence-electron chi connectivity index (χ0n) is 14.0. The fourth-order valence-corrected chi connectivity index (χ4v) is 2.41. The third kappa shape index (κ3) is 7.47. The molecule has 0 radical (unpaired) electrons. The summed E-state index contributed by atoms with van der Waals surface area (Å²) >= 11 is 0. The smallest absolute Gasteiger partial charge is 0.191 e. The van der Waals surface area contributed by atoms with Crippen molar-refractivity contribution in [2.45, 2.75) is 38.8 Å². The fraction of sp³-hybridized carbons (Fsp3) is 0.750. The first-order valence-corrected chi connectivity index (χ1v) is 8.57. The van der Waals surface area contributed by atoms with Crippen LogP contribution in [0.25, 0.3) is 0 Å². The van der Waals surface area contributed by atoms with Gasteiger partial charge in [-0.3, -0.25) is 9.67 Å². The van der Waals surface area contributed by atoms with Crippen LogP contribution < -0.4 is 10.6 Å². The van der Waals surface area contributed by atoms with Crippen LogP contribution in [0.1, 0.15) is 26.2 Å². The lowest BCUT2D eigenvalue weighted by Crippen LogP contribution is -2.39. The standard InChI is InChI=1S/C16H29N5O2/c1-2-17-16(19-9-11-21-10-4-8-20-21)18-7-5-12-22-14-15-6-3-13-23-15/h4,8,10,15H,2-3,5-7,9,11-14H2,1H3,(H2,17,18,19). The van der Waals surface area contributed by atoms with Crippen LogP contribution in [0.4, 0.5) is 0 Å². The number of hydrogen-bond donors (Lipinski definition) is 2. The maximum Gasteiger partial charge on any atom is 0.191 e. The summed E-state index contributed by atoms with van der Waals surface area (Å²) in [5, 5.41) is 10.7. The van der Waals surface area contributed by atoms with Crippen molar-refractivity contribution in [3.63, 3.8) is 0 Å². The average Bonchev–Trinajstić information content (AvgIpc) is 3.24. The number of ether oxygens (including phenoxy) is 2. The molecule has 23 heavy (non-hydrogen) atoms. The molecule has 0 saturated carbocycles. The summed E-state index contributed by atoms with van der Waals surface area (Å²) in [5.74, 6) is 0.846. The number of aromatic nitrogens is 2. The lowest BCUT2D eigenvalue weighted by atomic mass is 10.2. The van der Waals surface area contributed by atoms with E-state index in [1.54, 1.807) is 6.20 Å². The molecular weight excluding hydrogens is 294 g/mol. The number of aliphatic imine (C=N–C) groups is 1. The van der Waals surface area contributed by atoms with Gasteiger partial charge in [-0.2, -0.15) is 5.10 Å². The minimum Gasteiger partial charge on any atom is -0.379 e. The minimum absolute atomic E-state index is 0.305. The van der Waals surface area contributed by atoms with Crippen molar-refractivity contribution < 1.29 is 9.47 Å². The molecule has 2 N–H and O–H groups in total.